The molecule has 1 saturated heterocycles. The van der Waals surface area contributed by atoms with Gasteiger partial charge >= 0.3 is 6.09 Å². The molecule has 3 aromatic heterocycles. The van der Waals surface area contributed by atoms with E-state index in [0.717, 1.165) is 18.5 Å². The van der Waals surface area contributed by atoms with Gasteiger partial charge in [0.15, 0.2) is 0 Å². The number of aromatic hydroxyl groups is 1. The lowest BCUT2D eigenvalue weighted by molar-refractivity contribution is 0.0184. The number of hydrogen-bond donors (Lipinski definition) is 1. The smallest absolute Gasteiger partial charge is 0.410 e. The van der Waals surface area contributed by atoms with Gasteiger partial charge < -0.3 is 14.7 Å². The fourth-order valence-corrected chi connectivity index (χ4v) is 3.99. The van der Waals surface area contributed by atoms with Crippen molar-refractivity contribution in [3.8, 4) is 17.0 Å². The van der Waals surface area contributed by atoms with Gasteiger partial charge in [0, 0.05) is 24.8 Å². The molecule has 10 heteroatoms. The van der Waals surface area contributed by atoms with Gasteiger partial charge in [-0.05, 0) is 46.6 Å². The minimum absolute atomic E-state index is 0.0367. The first kappa shape index (κ1) is 20.5. The Kier molecular flexibility index (Phi) is 5.09. The highest BCUT2D eigenvalue weighted by Crippen LogP contribution is 2.33. The minimum atomic E-state index is -0.503. The molecule has 9 nitrogen and oxygen atoms in total. The van der Waals surface area contributed by atoms with E-state index in [4.69, 9.17) is 16.3 Å². The van der Waals surface area contributed by atoms with Gasteiger partial charge in [-0.25, -0.2) is 14.0 Å². The number of aromatic nitrogens is 5. The Morgan fingerprint density at radius 2 is 2.00 bits per heavy atom. The van der Waals surface area contributed by atoms with Crippen LogP contribution in [0.5, 0.6) is 5.75 Å². The Labute approximate surface area is 179 Å². The van der Waals surface area contributed by atoms with Gasteiger partial charge in [0.2, 0.25) is 0 Å². The first-order valence-electron chi connectivity index (χ1n) is 9.90. The van der Waals surface area contributed by atoms with E-state index in [1.807, 2.05) is 32.4 Å². The largest absolute Gasteiger partial charge is 0.506 e. The Balaban J connectivity index is 1.51. The van der Waals surface area contributed by atoms with Crippen molar-refractivity contribution >= 4 is 23.2 Å². The summed E-state index contributed by atoms with van der Waals surface area (Å²) in [5.74, 6) is 0.0367. The lowest BCUT2D eigenvalue weighted by atomic mass is 10.0. The molecule has 0 spiro atoms. The lowest BCUT2D eigenvalue weighted by Gasteiger charge is -2.33. The summed E-state index contributed by atoms with van der Waals surface area (Å²) < 4.78 is 8.90. The second-order valence-corrected chi connectivity index (χ2v) is 8.97. The van der Waals surface area contributed by atoms with Gasteiger partial charge in [-0.3, -0.25) is 0 Å². The summed E-state index contributed by atoms with van der Waals surface area (Å²) >= 11 is 6.07. The molecule has 1 aliphatic heterocycles. The van der Waals surface area contributed by atoms with E-state index in [2.05, 4.69) is 15.4 Å². The van der Waals surface area contributed by atoms with E-state index in [0.29, 0.717) is 34.9 Å². The van der Waals surface area contributed by atoms with Crippen LogP contribution in [-0.4, -0.2) is 59.4 Å². The number of amides is 1. The summed E-state index contributed by atoms with van der Waals surface area (Å²) in [6, 6.07) is 1.76. The van der Waals surface area contributed by atoms with Gasteiger partial charge in [-0.1, -0.05) is 16.8 Å². The van der Waals surface area contributed by atoms with Gasteiger partial charge in [-0.2, -0.15) is 5.10 Å². The van der Waals surface area contributed by atoms with Crippen LogP contribution in [0.3, 0.4) is 0 Å². The second-order valence-electron chi connectivity index (χ2n) is 8.57. The number of piperidine rings is 1. The summed E-state index contributed by atoms with van der Waals surface area (Å²) in [6.45, 7) is 8.76. The molecular formula is C20H25ClN6O3. The number of hydrogen-bond acceptors (Lipinski definition) is 6. The van der Waals surface area contributed by atoms with Crippen LogP contribution >= 0.6 is 11.6 Å². The van der Waals surface area contributed by atoms with Crippen LogP contribution in [-0.2, 0) is 4.74 Å². The predicted molar refractivity (Wildman–Crippen MR) is 112 cm³/mol. The van der Waals surface area contributed by atoms with E-state index in [9.17, 15) is 9.90 Å². The summed E-state index contributed by atoms with van der Waals surface area (Å²) in [4.78, 5) is 14.0. The number of halogens is 1. The van der Waals surface area contributed by atoms with E-state index < -0.39 is 5.60 Å². The maximum Gasteiger partial charge on any atom is 0.410 e. The maximum atomic E-state index is 12.3. The zero-order valence-corrected chi connectivity index (χ0v) is 18.2. The predicted octanol–water partition coefficient (Wildman–Crippen LogP) is 3.83. The average molecular weight is 433 g/mol. The van der Waals surface area contributed by atoms with Gasteiger partial charge in [0.25, 0.3) is 0 Å². The zero-order chi connectivity index (χ0) is 21.6. The second kappa shape index (κ2) is 7.46. The van der Waals surface area contributed by atoms with Crippen LogP contribution in [0.1, 0.15) is 45.3 Å². The third-order valence-corrected chi connectivity index (χ3v) is 5.49. The highest BCUT2D eigenvalue weighted by Gasteiger charge is 2.29. The molecule has 1 aliphatic rings. The van der Waals surface area contributed by atoms with E-state index in [1.54, 1.807) is 17.2 Å². The van der Waals surface area contributed by atoms with Crippen LogP contribution in [0.4, 0.5) is 4.79 Å². The van der Waals surface area contributed by atoms with Crippen molar-refractivity contribution in [2.24, 2.45) is 0 Å². The zero-order valence-electron chi connectivity index (χ0n) is 17.5. The molecule has 1 amide bonds. The normalized spacial score (nSPS) is 15.7. The van der Waals surface area contributed by atoms with Crippen LogP contribution in [0.25, 0.3) is 16.8 Å². The third kappa shape index (κ3) is 3.81. The molecule has 0 bridgehead atoms. The van der Waals surface area contributed by atoms with Crippen molar-refractivity contribution in [1.29, 1.82) is 0 Å². The number of carbonyl (C=O) groups excluding carboxylic acids is 1. The van der Waals surface area contributed by atoms with Crippen molar-refractivity contribution < 1.29 is 14.6 Å². The Morgan fingerprint density at radius 3 is 2.67 bits per heavy atom. The fourth-order valence-electron chi connectivity index (χ4n) is 3.77. The summed E-state index contributed by atoms with van der Waals surface area (Å²) in [5, 5.41) is 23.6. The molecule has 0 atom stereocenters. The van der Waals surface area contributed by atoms with Crippen molar-refractivity contribution in [2.45, 2.75) is 52.2 Å². The van der Waals surface area contributed by atoms with Gasteiger partial charge in [0.1, 0.15) is 22.6 Å². The Morgan fingerprint density at radius 1 is 1.30 bits per heavy atom. The summed E-state index contributed by atoms with van der Waals surface area (Å²) in [5.41, 5.74) is 2.22. The van der Waals surface area contributed by atoms with E-state index in [-0.39, 0.29) is 17.9 Å². The van der Waals surface area contributed by atoms with Crippen LogP contribution in [0.2, 0.25) is 5.02 Å². The molecule has 4 rings (SSSR count). The van der Waals surface area contributed by atoms with Crippen molar-refractivity contribution in [3.63, 3.8) is 0 Å². The number of ether oxygens (including phenoxy) is 1. The van der Waals surface area contributed by atoms with Gasteiger partial charge in [0.05, 0.1) is 23.0 Å². The molecule has 0 aromatic carbocycles. The maximum absolute atomic E-state index is 12.3. The molecular weight excluding hydrogens is 408 g/mol. The SMILES string of the molecule is Cc1c(-c2cc(O)c3c(Cl)cnn3c2)nnn1C1CCN(C(=O)OC(C)(C)C)CC1. The van der Waals surface area contributed by atoms with Gasteiger partial charge in [-0.15, -0.1) is 5.10 Å². The lowest BCUT2D eigenvalue weighted by Crippen LogP contribution is -2.42. The third-order valence-electron chi connectivity index (χ3n) is 5.21. The monoisotopic (exact) mass is 432 g/mol. The molecule has 3 aromatic rings. The first-order valence-corrected chi connectivity index (χ1v) is 10.3. The van der Waals surface area contributed by atoms with E-state index >= 15 is 0 Å². The minimum Gasteiger partial charge on any atom is -0.506 e. The molecule has 0 saturated carbocycles. The molecule has 0 unspecified atom stereocenters. The quantitative estimate of drug-likeness (QED) is 0.660. The molecule has 160 valence electrons. The number of pyridine rings is 1. The van der Waals surface area contributed by atoms with E-state index in [1.165, 1.54) is 10.7 Å². The highest BCUT2D eigenvalue weighted by atomic mass is 35.5. The summed E-state index contributed by atoms with van der Waals surface area (Å²) in [7, 11) is 0. The first-order chi connectivity index (χ1) is 14.1. The van der Waals surface area contributed by atoms with Crippen molar-refractivity contribution in [2.75, 3.05) is 13.1 Å². The number of nitrogens with zero attached hydrogens (tertiary/aromatic N) is 6. The van der Waals surface area contributed by atoms with Crippen molar-refractivity contribution in [1.82, 2.24) is 29.5 Å². The van der Waals surface area contributed by atoms with Crippen LogP contribution < -0.4 is 0 Å². The average Bonchev–Trinajstić information content (AvgIpc) is 3.23. The van der Waals surface area contributed by atoms with Crippen molar-refractivity contribution in [3.05, 3.63) is 29.2 Å². The van der Waals surface area contributed by atoms with Crippen LogP contribution in [0, 0.1) is 6.92 Å². The van der Waals surface area contributed by atoms with Crippen LogP contribution in [0.15, 0.2) is 18.5 Å². The number of rotatable bonds is 2. The molecule has 4 heterocycles. The standard InChI is InChI=1S/C20H25ClN6O3/c1-12-17(13-9-16(28)18-15(21)10-22-26(18)11-13)23-24-27(12)14-5-7-25(8-6-14)19(29)30-20(2,3)4/h9-11,14,28H,5-8H2,1-4H3. The topological polar surface area (TPSA) is 97.8 Å². The molecule has 0 radical (unpaired) electrons. The molecule has 30 heavy (non-hydrogen) atoms. The molecule has 0 aliphatic carbocycles. The number of carbonyl (C=O) groups is 1. The molecule has 1 N–H and O–H groups in total. The number of fused-ring (bicyclic) bond motifs is 1. The fraction of sp³-hybridized carbons (Fsp3) is 0.500. The molecule has 1 fully saturated rings. The Hall–Kier alpha value is -2.81. The summed E-state index contributed by atoms with van der Waals surface area (Å²) in [6.07, 6.45) is 4.51. The number of likely N-dealkylation sites (tertiary alicyclic amines) is 1. The Bertz CT molecular complexity index is 1090. The highest BCUT2D eigenvalue weighted by molar-refractivity contribution is 6.34.